The van der Waals surface area contributed by atoms with E-state index in [9.17, 15) is 19.3 Å². The Morgan fingerprint density at radius 1 is 1.33 bits per heavy atom. The topological polar surface area (TPSA) is 88.0 Å². The number of anilines is 1. The third-order valence-corrected chi connectivity index (χ3v) is 4.58. The predicted molar refractivity (Wildman–Crippen MR) is 84.9 cm³/mol. The number of rotatable bonds is 4. The van der Waals surface area contributed by atoms with E-state index in [-0.39, 0.29) is 23.5 Å². The van der Waals surface area contributed by atoms with Gasteiger partial charge < -0.3 is 19.9 Å². The maximum absolute atomic E-state index is 13.8. The van der Waals surface area contributed by atoms with Crippen LogP contribution in [-0.2, 0) is 0 Å². The van der Waals surface area contributed by atoms with Gasteiger partial charge in [0.25, 0.3) is 5.69 Å². The minimum atomic E-state index is -0.753. The van der Waals surface area contributed by atoms with Crippen LogP contribution in [-0.4, -0.2) is 55.2 Å². The number of ether oxygens (including phenoxy) is 1. The highest BCUT2D eigenvalue weighted by molar-refractivity contribution is 5.76. The van der Waals surface area contributed by atoms with Crippen molar-refractivity contribution >= 4 is 17.4 Å². The fourth-order valence-corrected chi connectivity index (χ4v) is 3.34. The maximum Gasteiger partial charge on any atom is 0.317 e. The number of nitrogens with one attached hydrogen (secondary N) is 1. The number of carbonyl (C=O) groups excluding carboxylic acids is 1. The molecule has 2 heterocycles. The number of hydrogen-bond donors (Lipinski definition) is 1. The molecule has 0 radical (unpaired) electrons. The fraction of sp³-hybridized carbons (Fsp3) is 0.533. The first kappa shape index (κ1) is 16.3. The van der Waals surface area contributed by atoms with E-state index in [1.807, 2.05) is 9.80 Å². The molecule has 0 aliphatic carbocycles. The third-order valence-electron chi connectivity index (χ3n) is 4.58. The Hall–Kier alpha value is -2.58. The van der Waals surface area contributed by atoms with Gasteiger partial charge in [-0.1, -0.05) is 0 Å². The molecule has 0 saturated carbocycles. The average molecular weight is 338 g/mol. The van der Waals surface area contributed by atoms with Crippen molar-refractivity contribution in [2.45, 2.75) is 18.9 Å². The van der Waals surface area contributed by atoms with Crippen LogP contribution in [0.15, 0.2) is 12.1 Å². The molecule has 0 atom stereocenters. The summed E-state index contributed by atoms with van der Waals surface area (Å²) < 4.78 is 18.7. The van der Waals surface area contributed by atoms with Crippen LogP contribution < -0.4 is 15.0 Å². The largest absolute Gasteiger partial charge is 0.494 e. The number of urea groups is 1. The van der Waals surface area contributed by atoms with Crippen molar-refractivity contribution in [3.05, 3.63) is 28.1 Å². The second kappa shape index (κ2) is 6.50. The second-order valence-corrected chi connectivity index (χ2v) is 5.88. The molecule has 0 bridgehead atoms. The average Bonchev–Trinajstić information content (AvgIpc) is 3.00. The lowest BCUT2D eigenvalue weighted by Gasteiger charge is -2.37. The summed E-state index contributed by atoms with van der Waals surface area (Å²) in [6.45, 7) is 2.46. The predicted octanol–water partition coefficient (Wildman–Crippen LogP) is 1.74. The third kappa shape index (κ3) is 2.93. The zero-order valence-electron chi connectivity index (χ0n) is 13.3. The normalized spacial score (nSPS) is 18.7. The van der Waals surface area contributed by atoms with Crippen molar-refractivity contribution in [1.82, 2.24) is 10.2 Å². The molecule has 9 heteroatoms. The van der Waals surface area contributed by atoms with Gasteiger partial charge in [-0.2, -0.15) is 0 Å². The van der Waals surface area contributed by atoms with Gasteiger partial charge in [0.05, 0.1) is 18.1 Å². The van der Waals surface area contributed by atoms with E-state index in [1.54, 1.807) is 0 Å². The van der Waals surface area contributed by atoms with E-state index in [4.69, 9.17) is 4.74 Å². The van der Waals surface area contributed by atoms with E-state index in [1.165, 1.54) is 13.2 Å². The van der Waals surface area contributed by atoms with E-state index in [0.29, 0.717) is 44.7 Å². The standard InChI is InChI=1S/C15H19FN4O4/c1-24-14-9-12(13(20(22)23)8-11(14)16)18-5-2-10(3-6-18)19-7-4-17-15(19)21/h8-10H,2-7H2,1H3,(H,17,21). The monoisotopic (exact) mass is 338 g/mol. The van der Waals surface area contributed by atoms with Crippen LogP contribution in [0.25, 0.3) is 0 Å². The summed E-state index contributed by atoms with van der Waals surface area (Å²) in [5.41, 5.74) is 0.0771. The molecule has 24 heavy (non-hydrogen) atoms. The molecule has 1 N–H and O–H groups in total. The number of nitro benzene ring substituents is 1. The van der Waals surface area contributed by atoms with Gasteiger partial charge in [0.15, 0.2) is 11.6 Å². The van der Waals surface area contributed by atoms with Crippen molar-refractivity contribution in [3.63, 3.8) is 0 Å². The zero-order chi connectivity index (χ0) is 17.3. The van der Waals surface area contributed by atoms with Crippen LogP contribution in [0.4, 0.5) is 20.6 Å². The Balaban J connectivity index is 1.78. The summed E-state index contributed by atoms with van der Waals surface area (Å²) in [6, 6.07) is 2.35. The summed E-state index contributed by atoms with van der Waals surface area (Å²) in [5.74, 6) is -0.770. The molecule has 3 rings (SSSR count). The Labute approximate surface area is 138 Å². The number of halogens is 1. The van der Waals surface area contributed by atoms with Gasteiger partial charge in [0, 0.05) is 38.3 Å². The summed E-state index contributed by atoms with van der Waals surface area (Å²) in [6.07, 6.45) is 1.43. The van der Waals surface area contributed by atoms with Gasteiger partial charge in [-0.25, -0.2) is 9.18 Å². The van der Waals surface area contributed by atoms with Gasteiger partial charge in [-0.3, -0.25) is 10.1 Å². The molecule has 0 unspecified atom stereocenters. The molecule has 2 fully saturated rings. The summed E-state index contributed by atoms with van der Waals surface area (Å²) in [5, 5.41) is 14.0. The van der Waals surface area contributed by atoms with Crippen LogP contribution in [0, 0.1) is 15.9 Å². The van der Waals surface area contributed by atoms with Gasteiger partial charge in [-0.05, 0) is 12.8 Å². The molecule has 130 valence electrons. The number of nitro groups is 1. The number of nitrogens with zero attached hydrogens (tertiary/aromatic N) is 3. The molecule has 0 aromatic heterocycles. The molecule has 0 spiro atoms. The number of hydrogen-bond acceptors (Lipinski definition) is 5. The number of benzene rings is 1. The Bertz CT molecular complexity index is 661. The lowest BCUT2D eigenvalue weighted by atomic mass is 10.0. The SMILES string of the molecule is COc1cc(N2CCC(N3CCNC3=O)CC2)c([N+](=O)[O-])cc1F. The number of methoxy groups -OCH3 is 1. The van der Waals surface area contributed by atoms with Crippen molar-refractivity contribution < 1.29 is 18.8 Å². The van der Waals surface area contributed by atoms with Gasteiger partial charge in [0.1, 0.15) is 5.69 Å². The van der Waals surface area contributed by atoms with Gasteiger partial charge in [0.2, 0.25) is 0 Å². The number of piperidine rings is 1. The van der Waals surface area contributed by atoms with Crippen molar-refractivity contribution in [3.8, 4) is 5.75 Å². The molecule has 2 aliphatic heterocycles. The minimum Gasteiger partial charge on any atom is -0.494 e. The quantitative estimate of drug-likeness (QED) is 0.667. The first-order valence-electron chi connectivity index (χ1n) is 7.82. The second-order valence-electron chi connectivity index (χ2n) is 5.88. The summed E-state index contributed by atoms with van der Waals surface area (Å²) >= 11 is 0. The lowest BCUT2D eigenvalue weighted by molar-refractivity contribution is -0.384. The van der Waals surface area contributed by atoms with Crippen LogP contribution in [0.1, 0.15) is 12.8 Å². The highest BCUT2D eigenvalue weighted by atomic mass is 19.1. The molecule has 2 aliphatic rings. The Morgan fingerprint density at radius 3 is 2.58 bits per heavy atom. The summed E-state index contributed by atoms with van der Waals surface area (Å²) in [4.78, 5) is 26.1. The molecular formula is C15H19FN4O4. The smallest absolute Gasteiger partial charge is 0.317 e. The van der Waals surface area contributed by atoms with Crippen LogP contribution in [0.2, 0.25) is 0 Å². The zero-order valence-corrected chi connectivity index (χ0v) is 13.3. The Morgan fingerprint density at radius 2 is 2.04 bits per heavy atom. The van der Waals surface area contributed by atoms with Gasteiger partial charge in [-0.15, -0.1) is 0 Å². The van der Waals surface area contributed by atoms with E-state index in [0.717, 1.165) is 6.07 Å². The molecular weight excluding hydrogens is 319 g/mol. The molecule has 1 aromatic carbocycles. The molecule has 1 aromatic rings. The highest BCUT2D eigenvalue weighted by Crippen LogP contribution is 2.36. The van der Waals surface area contributed by atoms with Crippen LogP contribution in [0.5, 0.6) is 5.75 Å². The van der Waals surface area contributed by atoms with E-state index in [2.05, 4.69) is 5.32 Å². The van der Waals surface area contributed by atoms with Crippen molar-refractivity contribution in [2.75, 3.05) is 38.2 Å². The van der Waals surface area contributed by atoms with Crippen molar-refractivity contribution in [2.24, 2.45) is 0 Å². The minimum absolute atomic E-state index is 0.0170. The Kier molecular flexibility index (Phi) is 4.41. The fourth-order valence-electron chi connectivity index (χ4n) is 3.34. The van der Waals surface area contributed by atoms with Gasteiger partial charge >= 0.3 is 6.03 Å². The summed E-state index contributed by atoms with van der Waals surface area (Å²) in [7, 11) is 1.33. The first-order chi connectivity index (χ1) is 11.5. The first-order valence-corrected chi connectivity index (χ1v) is 7.82. The van der Waals surface area contributed by atoms with E-state index < -0.39 is 10.7 Å². The number of carbonyl (C=O) groups is 1. The lowest BCUT2D eigenvalue weighted by Crippen LogP contribution is -2.46. The molecule has 2 saturated heterocycles. The maximum atomic E-state index is 13.8. The van der Waals surface area contributed by atoms with Crippen LogP contribution >= 0.6 is 0 Å². The molecule has 2 amide bonds. The number of amides is 2. The van der Waals surface area contributed by atoms with Crippen LogP contribution in [0.3, 0.4) is 0 Å². The van der Waals surface area contributed by atoms with Crippen molar-refractivity contribution in [1.29, 1.82) is 0 Å². The van der Waals surface area contributed by atoms with E-state index >= 15 is 0 Å². The highest BCUT2D eigenvalue weighted by Gasteiger charge is 2.32. The molecule has 8 nitrogen and oxygen atoms in total.